The first kappa shape index (κ1) is 26.2. The molecule has 0 spiro atoms. The molecule has 5 rings (SSSR count). The Hall–Kier alpha value is -3.37. The summed E-state index contributed by atoms with van der Waals surface area (Å²) in [5.74, 6) is -0.335. The molecule has 2 aromatic heterocycles. The van der Waals surface area contributed by atoms with Crippen LogP contribution in [0, 0.1) is 11.7 Å². The second-order valence-corrected chi connectivity index (χ2v) is 11.0. The van der Waals surface area contributed by atoms with Crippen molar-refractivity contribution in [3.63, 3.8) is 0 Å². The van der Waals surface area contributed by atoms with Crippen molar-refractivity contribution >= 4 is 11.7 Å². The van der Waals surface area contributed by atoms with Gasteiger partial charge in [-0.25, -0.2) is 4.39 Å². The smallest absolute Gasteiger partial charge is 0.248 e. The minimum Gasteiger partial charge on any atom is -0.494 e. The van der Waals surface area contributed by atoms with Crippen molar-refractivity contribution in [3.05, 3.63) is 54.1 Å². The first-order chi connectivity index (χ1) is 18.1. The van der Waals surface area contributed by atoms with E-state index < -0.39 is 11.8 Å². The number of ether oxygens (including phenoxy) is 3. The monoisotopic (exact) mass is 526 g/mol. The van der Waals surface area contributed by atoms with E-state index in [2.05, 4.69) is 10.4 Å². The van der Waals surface area contributed by atoms with Gasteiger partial charge in [-0.05, 0) is 56.6 Å². The Morgan fingerprint density at radius 3 is 2.79 bits per heavy atom. The summed E-state index contributed by atoms with van der Waals surface area (Å²) in [6, 6.07) is 7.49. The molecular weight excluding hydrogens is 491 g/mol. The van der Waals surface area contributed by atoms with Crippen molar-refractivity contribution in [2.24, 2.45) is 5.92 Å². The minimum absolute atomic E-state index is 0.0991. The predicted octanol–water partition coefficient (Wildman–Crippen LogP) is 5.58. The van der Waals surface area contributed by atoms with E-state index in [9.17, 15) is 14.3 Å². The fourth-order valence-corrected chi connectivity index (χ4v) is 4.79. The molecule has 0 bridgehead atoms. The lowest BCUT2D eigenvalue weighted by molar-refractivity contribution is -0.139. The molecule has 0 unspecified atom stereocenters. The number of nitrogens with zero attached hydrogens (tertiary/aromatic N) is 3. The zero-order valence-electron chi connectivity index (χ0n) is 22.2. The van der Waals surface area contributed by atoms with Crippen LogP contribution in [-0.2, 0) is 20.8 Å². The maximum atomic E-state index is 14.9. The van der Waals surface area contributed by atoms with Crippen LogP contribution < -0.4 is 10.1 Å². The van der Waals surface area contributed by atoms with Gasteiger partial charge in [-0.3, -0.25) is 9.48 Å². The van der Waals surface area contributed by atoms with Gasteiger partial charge in [0.05, 0.1) is 19.3 Å². The highest BCUT2D eigenvalue weighted by Crippen LogP contribution is 2.43. The van der Waals surface area contributed by atoms with E-state index in [1.807, 2.05) is 27.7 Å². The van der Waals surface area contributed by atoms with Crippen molar-refractivity contribution in [3.8, 4) is 17.4 Å². The fraction of sp³-hybridized carbons (Fsp3) is 0.500. The van der Waals surface area contributed by atoms with Crippen LogP contribution in [0.15, 0.2) is 42.7 Å². The standard InChI is InChI=1S/C28H35FN4O5/c1-17(2)12-22(27(35)30-24-10-11-32(31-24)14-20-16-36-28(3,4)38-20)33-15-19(13-25(33)34)37-23-7-5-6-21(26(23)29)18-8-9-18/h5-7,10-11,13,15,17-18,20,22,34H,8-9,12,14,16H2,1-4H3,(H,30,31,35)/t20-,22+/m1/s1. The molecule has 2 atom stereocenters. The van der Waals surface area contributed by atoms with Gasteiger partial charge in [-0.15, -0.1) is 0 Å². The molecule has 2 fully saturated rings. The Balaban J connectivity index is 1.29. The lowest BCUT2D eigenvalue weighted by Crippen LogP contribution is -2.27. The number of anilines is 1. The molecular formula is C28H35FN4O5. The average molecular weight is 527 g/mol. The van der Waals surface area contributed by atoms with Crippen LogP contribution in [0.4, 0.5) is 10.2 Å². The number of rotatable bonds is 10. The van der Waals surface area contributed by atoms with Gasteiger partial charge >= 0.3 is 0 Å². The number of amides is 1. The minimum atomic E-state index is -0.729. The maximum Gasteiger partial charge on any atom is 0.248 e. The van der Waals surface area contributed by atoms with Gasteiger partial charge in [-0.2, -0.15) is 5.10 Å². The lowest BCUT2D eigenvalue weighted by Gasteiger charge is -2.20. The summed E-state index contributed by atoms with van der Waals surface area (Å²) in [5.41, 5.74) is 0.651. The summed E-state index contributed by atoms with van der Waals surface area (Å²) in [5, 5.41) is 18.0. The SMILES string of the molecule is CC(C)C[C@@H](C(=O)Nc1ccn(C[C@@H]2COC(C)(C)O2)n1)n1cc(Oc2cccc(C3CC3)c2F)cc1O. The largest absolute Gasteiger partial charge is 0.494 e. The van der Waals surface area contributed by atoms with Gasteiger partial charge in [0.25, 0.3) is 0 Å². The van der Waals surface area contributed by atoms with Gasteiger partial charge in [0.15, 0.2) is 29.1 Å². The van der Waals surface area contributed by atoms with Gasteiger partial charge in [0.2, 0.25) is 5.91 Å². The van der Waals surface area contributed by atoms with Crippen molar-refractivity contribution < 1.29 is 28.5 Å². The van der Waals surface area contributed by atoms with E-state index >= 15 is 0 Å². The van der Waals surface area contributed by atoms with Crippen molar-refractivity contribution in [1.29, 1.82) is 0 Å². The summed E-state index contributed by atoms with van der Waals surface area (Å²) >= 11 is 0. The number of benzene rings is 1. The predicted molar refractivity (Wildman–Crippen MR) is 139 cm³/mol. The molecule has 2 N–H and O–H groups in total. The second kappa shape index (κ2) is 10.4. The molecule has 3 aromatic rings. The van der Waals surface area contributed by atoms with Crippen LogP contribution in [-0.4, -0.2) is 43.9 Å². The molecule has 1 amide bonds. The summed E-state index contributed by atoms with van der Waals surface area (Å²) in [4.78, 5) is 13.4. The van der Waals surface area contributed by atoms with Crippen molar-refractivity contribution in [2.45, 2.75) is 77.4 Å². The van der Waals surface area contributed by atoms with E-state index in [1.54, 1.807) is 35.1 Å². The summed E-state index contributed by atoms with van der Waals surface area (Å²) in [7, 11) is 0. The molecule has 1 saturated carbocycles. The lowest BCUT2D eigenvalue weighted by atomic mass is 10.0. The van der Waals surface area contributed by atoms with Crippen molar-refractivity contribution in [1.82, 2.24) is 14.3 Å². The molecule has 2 aliphatic rings. The van der Waals surface area contributed by atoms with Gasteiger partial charge < -0.3 is 29.2 Å². The second-order valence-electron chi connectivity index (χ2n) is 11.0. The molecule has 1 saturated heterocycles. The van der Waals surface area contributed by atoms with Crippen LogP contribution in [0.3, 0.4) is 0 Å². The van der Waals surface area contributed by atoms with Crippen molar-refractivity contribution in [2.75, 3.05) is 11.9 Å². The third-order valence-corrected chi connectivity index (χ3v) is 6.72. The van der Waals surface area contributed by atoms with Crippen LogP contribution in [0.25, 0.3) is 0 Å². The molecule has 0 radical (unpaired) electrons. The Morgan fingerprint density at radius 1 is 1.32 bits per heavy atom. The quantitative estimate of drug-likeness (QED) is 0.358. The first-order valence-corrected chi connectivity index (χ1v) is 13.1. The number of aromatic nitrogens is 3. The van der Waals surface area contributed by atoms with Gasteiger partial charge in [0.1, 0.15) is 17.9 Å². The molecule has 38 heavy (non-hydrogen) atoms. The van der Waals surface area contributed by atoms with E-state index in [0.717, 1.165) is 12.8 Å². The van der Waals surface area contributed by atoms with Gasteiger partial charge in [-0.1, -0.05) is 26.0 Å². The number of hydrogen-bond donors (Lipinski definition) is 2. The number of carbonyl (C=O) groups excluding carboxylic acids is 1. The summed E-state index contributed by atoms with van der Waals surface area (Å²) in [6.45, 7) is 8.69. The van der Waals surface area contributed by atoms with Crippen LogP contribution in [0.2, 0.25) is 0 Å². The maximum absolute atomic E-state index is 14.9. The fourth-order valence-electron chi connectivity index (χ4n) is 4.79. The number of nitrogens with one attached hydrogen (secondary N) is 1. The van der Waals surface area contributed by atoms with Crippen LogP contribution >= 0.6 is 0 Å². The highest BCUT2D eigenvalue weighted by Gasteiger charge is 2.33. The highest BCUT2D eigenvalue weighted by atomic mass is 19.1. The summed E-state index contributed by atoms with van der Waals surface area (Å²) < 4.78 is 35.3. The number of aromatic hydroxyl groups is 1. The topological polar surface area (TPSA) is 99.8 Å². The van der Waals surface area contributed by atoms with E-state index in [-0.39, 0.29) is 47.0 Å². The normalized spacial score (nSPS) is 19.6. The molecule has 3 heterocycles. The first-order valence-electron chi connectivity index (χ1n) is 13.1. The molecule has 1 aliphatic heterocycles. The highest BCUT2D eigenvalue weighted by molar-refractivity contribution is 5.93. The molecule has 1 aliphatic carbocycles. The number of carbonyl (C=O) groups is 1. The Bertz CT molecular complexity index is 1300. The number of hydrogen-bond acceptors (Lipinski definition) is 6. The number of halogens is 1. The molecule has 204 valence electrons. The van der Waals surface area contributed by atoms with E-state index in [1.165, 1.54) is 16.8 Å². The van der Waals surface area contributed by atoms with E-state index in [4.69, 9.17) is 14.2 Å². The summed E-state index contributed by atoms with van der Waals surface area (Å²) in [6.07, 6.45) is 5.58. The molecule has 10 heteroatoms. The molecule has 9 nitrogen and oxygen atoms in total. The third-order valence-electron chi connectivity index (χ3n) is 6.72. The average Bonchev–Trinajstić information content (AvgIpc) is 3.36. The Kier molecular flexibility index (Phi) is 7.19. The Labute approximate surface area is 221 Å². The van der Waals surface area contributed by atoms with Crippen LogP contribution in [0.1, 0.15) is 64.5 Å². The third kappa shape index (κ3) is 6.02. The van der Waals surface area contributed by atoms with E-state index in [0.29, 0.717) is 31.0 Å². The van der Waals surface area contributed by atoms with Gasteiger partial charge in [0, 0.05) is 18.3 Å². The van der Waals surface area contributed by atoms with Crippen LogP contribution in [0.5, 0.6) is 17.4 Å². The zero-order valence-corrected chi connectivity index (χ0v) is 22.2. The Morgan fingerprint density at radius 2 is 2.11 bits per heavy atom. The molecule has 1 aromatic carbocycles. The zero-order chi connectivity index (χ0) is 27.0.